The number of hydrogen-bond acceptors (Lipinski definition) is 4. The molecule has 6 nitrogen and oxygen atoms in total. The van der Waals surface area contributed by atoms with Crippen LogP contribution < -0.4 is 5.32 Å². The van der Waals surface area contributed by atoms with Gasteiger partial charge in [0.25, 0.3) is 0 Å². The number of carbonyl (C=O) groups excluding carboxylic acids is 2. The Kier molecular flexibility index (Phi) is 7.34. The Labute approximate surface area is 205 Å². The average molecular weight is 478 g/mol. The van der Waals surface area contributed by atoms with Gasteiger partial charge in [-0.3, -0.25) is 9.59 Å². The number of aromatic nitrogens is 1. The summed E-state index contributed by atoms with van der Waals surface area (Å²) >= 11 is 0. The number of benzene rings is 2. The lowest BCUT2D eigenvalue weighted by atomic mass is 9.95. The predicted octanol–water partition coefficient (Wildman–Crippen LogP) is 4.80. The molecule has 0 saturated carbocycles. The summed E-state index contributed by atoms with van der Waals surface area (Å²) in [5.74, 6) is 0.282. The van der Waals surface area contributed by atoms with Crippen LogP contribution in [0.3, 0.4) is 0 Å². The first-order valence-corrected chi connectivity index (χ1v) is 12.0. The smallest absolute Gasteiger partial charge is 0.243 e. The highest BCUT2D eigenvalue weighted by molar-refractivity contribution is 5.89. The van der Waals surface area contributed by atoms with Gasteiger partial charge >= 0.3 is 0 Å². The highest BCUT2D eigenvalue weighted by Crippen LogP contribution is 2.27. The van der Waals surface area contributed by atoms with Gasteiger partial charge in [0.1, 0.15) is 18.0 Å². The molecule has 1 fully saturated rings. The Morgan fingerprint density at radius 2 is 1.69 bits per heavy atom. The largest absolute Gasteiger partial charge is 0.361 e. The van der Waals surface area contributed by atoms with E-state index in [2.05, 4.69) is 36.5 Å². The second-order valence-corrected chi connectivity index (χ2v) is 9.55. The molecule has 1 aliphatic rings. The number of nitrogens with zero attached hydrogens (tertiary/aromatic N) is 2. The molecule has 4 rings (SSSR count). The fourth-order valence-electron chi connectivity index (χ4n) is 4.63. The van der Waals surface area contributed by atoms with Crippen LogP contribution in [-0.4, -0.2) is 40.6 Å². The number of nitrogens with one attached hydrogen (secondary N) is 1. The van der Waals surface area contributed by atoms with Crippen molar-refractivity contribution in [1.82, 2.24) is 15.4 Å². The van der Waals surface area contributed by atoms with Crippen molar-refractivity contribution in [3.63, 3.8) is 0 Å². The molecule has 0 bridgehead atoms. The van der Waals surface area contributed by atoms with Crippen molar-refractivity contribution >= 4 is 11.8 Å². The van der Waals surface area contributed by atoms with E-state index in [4.69, 9.17) is 4.52 Å². The molecule has 3 atom stereocenters. The molecule has 1 aliphatic heterocycles. The van der Waals surface area contributed by atoms with Crippen LogP contribution in [0.1, 0.15) is 65.9 Å². The van der Waals surface area contributed by atoms with Crippen LogP contribution in [0.5, 0.6) is 0 Å². The molecule has 184 valence electrons. The van der Waals surface area contributed by atoms with Gasteiger partial charge in [0.05, 0.1) is 24.7 Å². The maximum Gasteiger partial charge on any atom is 0.243 e. The molecule has 0 radical (unpaired) electrons. The lowest BCUT2D eigenvalue weighted by Crippen LogP contribution is -2.47. The zero-order valence-electron chi connectivity index (χ0n) is 20.6. The molecule has 0 spiro atoms. The summed E-state index contributed by atoms with van der Waals surface area (Å²) < 4.78 is 19.6. The van der Waals surface area contributed by atoms with Gasteiger partial charge in [-0.05, 0) is 36.5 Å². The topological polar surface area (TPSA) is 75.4 Å². The summed E-state index contributed by atoms with van der Waals surface area (Å²) in [4.78, 5) is 27.9. The average Bonchev–Trinajstić information content (AvgIpc) is 3.40. The van der Waals surface area contributed by atoms with E-state index in [1.165, 1.54) is 10.5 Å². The Hall–Kier alpha value is -3.48. The van der Waals surface area contributed by atoms with Crippen molar-refractivity contribution in [3.8, 4) is 0 Å². The monoisotopic (exact) mass is 477 g/mol. The molecular formula is C28H32FN3O3. The first-order chi connectivity index (χ1) is 16.7. The molecule has 1 N–H and O–H groups in total. The van der Waals surface area contributed by atoms with E-state index in [0.29, 0.717) is 22.9 Å². The first-order valence-electron chi connectivity index (χ1n) is 12.0. The van der Waals surface area contributed by atoms with E-state index in [-0.39, 0.29) is 31.2 Å². The third kappa shape index (κ3) is 5.45. The van der Waals surface area contributed by atoms with Crippen LogP contribution in [0.2, 0.25) is 0 Å². The van der Waals surface area contributed by atoms with Crippen LogP contribution in [0.25, 0.3) is 0 Å². The van der Waals surface area contributed by atoms with E-state index >= 15 is 0 Å². The van der Waals surface area contributed by atoms with Gasteiger partial charge in [0.2, 0.25) is 11.8 Å². The third-order valence-corrected chi connectivity index (χ3v) is 6.74. The summed E-state index contributed by atoms with van der Waals surface area (Å²) in [7, 11) is 0. The molecule has 2 heterocycles. The number of amides is 2. The van der Waals surface area contributed by atoms with Crippen LogP contribution in [0.4, 0.5) is 4.39 Å². The van der Waals surface area contributed by atoms with Gasteiger partial charge in [-0.1, -0.05) is 73.6 Å². The summed E-state index contributed by atoms with van der Waals surface area (Å²) in [6, 6.07) is 16.5. The van der Waals surface area contributed by atoms with E-state index in [1.54, 1.807) is 13.8 Å². The number of hydrogen-bond donors (Lipinski definition) is 1. The molecule has 1 saturated heterocycles. The number of aryl methyl sites for hydroxylation is 2. The fourth-order valence-corrected chi connectivity index (χ4v) is 4.63. The van der Waals surface area contributed by atoms with Crippen LogP contribution in [-0.2, 0) is 16.0 Å². The zero-order valence-corrected chi connectivity index (χ0v) is 20.6. The maximum atomic E-state index is 14.5. The molecule has 35 heavy (non-hydrogen) atoms. The van der Waals surface area contributed by atoms with Crippen molar-refractivity contribution in [2.75, 3.05) is 6.54 Å². The van der Waals surface area contributed by atoms with E-state index in [9.17, 15) is 14.0 Å². The van der Waals surface area contributed by atoms with Gasteiger partial charge in [0.15, 0.2) is 0 Å². The highest BCUT2D eigenvalue weighted by atomic mass is 19.1. The Morgan fingerprint density at radius 1 is 1.06 bits per heavy atom. The Morgan fingerprint density at radius 3 is 2.29 bits per heavy atom. The molecule has 7 heteroatoms. The van der Waals surface area contributed by atoms with E-state index in [1.807, 2.05) is 42.5 Å². The first kappa shape index (κ1) is 24.6. The SMILES string of the molecule is Cc1noc(C)c1CC(=O)N1CC(F)CC1C(=O)NC(c1ccccc1)c1ccc(C(C)C)cc1. The molecule has 1 aromatic heterocycles. The standard InChI is InChI=1S/C28H32FN3O3/c1-17(2)20-10-12-22(13-11-20)27(21-8-6-5-7-9-21)30-28(34)25-14-23(29)16-32(25)26(33)15-24-18(3)31-35-19(24)4/h5-13,17,23,25,27H,14-16H2,1-4H3,(H,30,34). The molecule has 2 aromatic carbocycles. The van der Waals surface area contributed by atoms with Gasteiger partial charge < -0.3 is 14.7 Å². The summed E-state index contributed by atoms with van der Waals surface area (Å²) in [5.41, 5.74) is 4.36. The van der Waals surface area contributed by atoms with Gasteiger partial charge in [-0.25, -0.2) is 4.39 Å². The second-order valence-electron chi connectivity index (χ2n) is 9.55. The van der Waals surface area contributed by atoms with Gasteiger partial charge in [-0.15, -0.1) is 0 Å². The molecule has 0 aliphatic carbocycles. The molecule has 3 aromatic rings. The number of carbonyl (C=O) groups is 2. The third-order valence-electron chi connectivity index (χ3n) is 6.74. The lowest BCUT2D eigenvalue weighted by molar-refractivity contribution is -0.138. The summed E-state index contributed by atoms with van der Waals surface area (Å²) in [6.45, 7) is 7.67. The number of alkyl halides is 1. The van der Waals surface area contributed by atoms with Gasteiger partial charge in [-0.2, -0.15) is 0 Å². The quantitative estimate of drug-likeness (QED) is 0.530. The normalized spacial score (nSPS) is 18.6. The lowest BCUT2D eigenvalue weighted by Gasteiger charge is -2.27. The van der Waals surface area contributed by atoms with Crippen molar-refractivity contribution in [2.45, 2.75) is 64.7 Å². The van der Waals surface area contributed by atoms with Crippen molar-refractivity contribution in [3.05, 3.63) is 88.3 Å². The Bertz CT molecular complexity index is 1150. The summed E-state index contributed by atoms with van der Waals surface area (Å²) in [5, 5.41) is 6.99. The van der Waals surface area contributed by atoms with Crippen LogP contribution in [0, 0.1) is 13.8 Å². The van der Waals surface area contributed by atoms with Crippen LogP contribution >= 0.6 is 0 Å². The second kappa shape index (κ2) is 10.4. The minimum Gasteiger partial charge on any atom is -0.361 e. The van der Waals surface area contributed by atoms with E-state index < -0.39 is 18.3 Å². The van der Waals surface area contributed by atoms with E-state index in [0.717, 1.165) is 11.1 Å². The fraction of sp³-hybridized carbons (Fsp3) is 0.393. The number of rotatable bonds is 7. The Balaban J connectivity index is 1.56. The van der Waals surface area contributed by atoms with Crippen molar-refractivity contribution in [2.24, 2.45) is 0 Å². The van der Waals surface area contributed by atoms with Crippen LogP contribution in [0.15, 0.2) is 59.1 Å². The minimum atomic E-state index is -1.25. The zero-order chi connectivity index (χ0) is 25.1. The molecule has 2 amide bonds. The number of halogens is 1. The molecule has 3 unspecified atom stereocenters. The van der Waals surface area contributed by atoms with Crippen molar-refractivity contribution in [1.29, 1.82) is 0 Å². The van der Waals surface area contributed by atoms with Crippen molar-refractivity contribution < 1.29 is 18.5 Å². The molecular weight excluding hydrogens is 445 g/mol. The maximum absolute atomic E-state index is 14.5. The minimum absolute atomic E-state index is 0.0209. The van der Waals surface area contributed by atoms with Gasteiger partial charge in [0, 0.05) is 12.0 Å². The predicted molar refractivity (Wildman–Crippen MR) is 132 cm³/mol. The highest BCUT2D eigenvalue weighted by Gasteiger charge is 2.40. The number of likely N-dealkylation sites (tertiary alicyclic amines) is 1. The summed E-state index contributed by atoms with van der Waals surface area (Å²) in [6.07, 6.45) is -1.25.